The zero-order valence-electron chi connectivity index (χ0n) is 45.9. The Morgan fingerprint density at radius 3 is 1.00 bits per heavy atom. The predicted molar refractivity (Wildman–Crippen MR) is 289 cm³/mol. The smallest absolute Gasteiger partial charge is 0.306 e. The number of carbonyl (C=O) groups excluding carboxylic acids is 4. The predicted octanol–water partition coefficient (Wildman–Crippen LogP) is 17.6. The highest BCUT2D eigenvalue weighted by Crippen LogP contribution is 2.21. The average Bonchev–Trinajstić information content (AvgIpc) is 3.35. The van der Waals surface area contributed by atoms with E-state index in [2.05, 4.69) is 27.7 Å². The Bertz CT molecular complexity index is 1300. The lowest BCUT2D eigenvalue weighted by Gasteiger charge is -2.19. The number of hydrogen-bond donors (Lipinski definition) is 0. The molecule has 0 radical (unpaired) electrons. The minimum Gasteiger partial charge on any atom is -0.462 e. The van der Waals surface area contributed by atoms with Gasteiger partial charge in [-0.15, -0.1) is 0 Å². The summed E-state index contributed by atoms with van der Waals surface area (Å²) in [6, 6.07) is 9.80. The largest absolute Gasteiger partial charge is 0.462 e. The number of esters is 4. The third-order valence-corrected chi connectivity index (χ3v) is 13.5. The number of unbranched alkanes of at least 4 members (excludes halogenated alkanes) is 27. The van der Waals surface area contributed by atoms with Crippen LogP contribution in [0.15, 0.2) is 30.3 Å². The lowest BCUT2D eigenvalue weighted by molar-refractivity contribution is -0.163. The van der Waals surface area contributed by atoms with E-state index >= 15 is 0 Å². The van der Waals surface area contributed by atoms with E-state index in [1.807, 2.05) is 30.3 Å². The molecule has 1 aromatic carbocycles. The second-order valence-electron chi connectivity index (χ2n) is 20.4. The second kappa shape index (κ2) is 49.6. The van der Waals surface area contributed by atoms with Gasteiger partial charge in [-0.3, -0.25) is 19.2 Å². The second-order valence-corrected chi connectivity index (χ2v) is 20.4. The molecule has 1 aromatic rings. The maximum absolute atomic E-state index is 12.9. The molecule has 0 unspecified atom stereocenters. The standard InChI is InChI=1S/C61H108O9/c1-5-9-13-17-22-33-43-55(44-34-23-18-14-10-6-2)68-59(63)48-38-27-21-26-37-47-58(62)67-53-57(52-66-51-54-41-31-30-32-42-54)70-61(65)50-40-29-28-39-49-60(64)69-56(45-35-24-19-15-11-7-3)46-36-25-20-16-12-8-4/h30-32,41-42,55-57H,5-29,33-40,43-53H2,1-4H3/t57-/m1/s1. The summed E-state index contributed by atoms with van der Waals surface area (Å²) in [7, 11) is 0. The number of benzene rings is 1. The first-order valence-corrected chi connectivity index (χ1v) is 29.7. The van der Waals surface area contributed by atoms with Crippen LogP contribution in [0.4, 0.5) is 0 Å². The van der Waals surface area contributed by atoms with Crippen molar-refractivity contribution in [3.63, 3.8) is 0 Å². The molecule has 0 saturated carbocycles. The molecule has 406 valence electrons. The van der Waals surface area contributed by atoms with Crippen LogP contribution < -0.4 is 0 Å². The van der Waals surface area contributed by atoms with Crippen molar-refractivity contribution in [2.24, 2.45) is 0 Å². The Hall–Kier alpha value is -2.94. The van der Waals surface area contributed by atoms with Gasteiger partial charge in [-0.2, -0.15) is 0 Å². The molecule has 0 bridgehead atoms. The number of carbonyl (C=O) groups is 4. The van der Waals surface area contributed by atoms with E-state index in [0.717, 1.165) is 102 Å². The summed E-state index contributed by atoms with van der Waals surface area (Å²) in [5.74, 6) is -0.817. The molecule has 9 heteroatoms. The summed E-state index contributed by atoms with van der Waals surface area (Å²) in [6.07, 6.45) is 41.8. The van der Waals surface area contributed by atoms with E-state index < -0.39 is 6.10 Å². The Morgan fingerprint density at radius 1 is 0.343 bits per heavy atom. The van der Waals surface area contributed by atoms with Gasteiger partial charge in [-0.05, 0) is 82.6 Å². The Labute approximate surface area is 430 Å². The fraction of sp³-hybridized carbons (Fsp3) is 0.836. The molecule has 0 amide bonds. The Morgan fingerprint density at radius 2 is 0.643 bits per heavy atom. The van der Waals surface area contributed by atoms with Crippen LogP contribution in [-0.4, -0.2) is 55.4 Å². The van der Waals surface area contributed by atoms with Gasteiger partial charge in [0.15, 0.2) is 6.10 Å². The van der Waals surface area contributed by atoms with Crippen LogP contribution in [0.25, 0.3) is 0 Å². The summed E-state index contributed by atoms with van der Waals surface area (Å²) in [5, 5.41) is 0. The number of rotatable bonds is 52. The highest BCUT2D eigenvalue weighted by molar-refractivity contribution is 5.71. The van der Waals surface area contributed by atoms with Crippen molar-refractivity contribution in [2.45, 2.75) is 316 Å². The van der Waals surface area contributed by atoms with Gasteiger partial charge >= 0.3 is 23.9 Å². The minimum atomic E-state index is -0.702. The SMILES string of the molecule is CCCCCCCCC(CCCCCCCC)OC(=O)CCCCCCCC(=O)OC[C@@H](COCc1ccccc1)OC(=O)CCCCCCC(=O)OC(CCCCCCCC)CCCCCCCC. The topological polar surface area (TPSA) is 114 Å². The van der Waals surface area contributed by atoms with Crippen molar-refractivity contribution in [3.05, 3.63) is 35.9 Å². The van der Waals surface area contributed by atoms with Gasteiger partial charge in [-0.25, -0.2) is 0 Å². The van der Waals surface area contributed by atoms with E-state index in [9.17, 15) is 19.2 Å². The lowest BCUT2D eigenvalue weighted by Crippen LogP contribution is -2.29. The summed E-state index contributed by atoms with van der Waals surface area (Å²) in [4.78, 5) is 51.4. The molecular formula is C61H108O9. The third kappa shape index (κ3) is 42.7. The molecular weight excluding hydrogens is 877 g/mol. The van der Waals surface area contributed by atoms with E-state index in [4.69, 9.17) is 23.7 Å². The monoisotopic (exact) mass is 985 g/mol. The molecule has 9 nitrogen and oxygen atoms in total. The Kier molecular flexibility index (Phi) is 46.1. The van der Waals surface area contributed by atoms with Gasteiger partial charge in [0.05, 0.1) is 13.2 Å². The normalized spacial score (nSPS) is 11.9. The van der Waals surface area contributed by atoms with E-state index in [-0.39, 0.29) is 55.7 Å². The zero-order valence-corrected chi connectivity index (χ0v) is 45.9. The van der Waals surface area contributed by atoms with Gasteiger partial charge in [0.2, 0.25) is 0 Å². The molecule has 1 atom stereocenters. The molecule has 0 heterocycles. The molecule has 0 aromatic heterocycles. The molecule has 1 rings (SSSR count). The highest BCUT2D eigenvalue weighted by atomic mass is 16.6. The van der Waals surface area contributed by atoms with Crippen LogP contribution in [0.3, 0.4) is 0 Å². The minimum absolute atomic E-state index is 0.0284. The summed E-state index contributed by atoms with van der Waals surface area (Å²) >= 11 is 0. The zero-order chi connectivity index (χ0) is 50.8. The van der Waals surface area contributed by atoms with Crippen molar-refractivity contribution in [2.75, 3.05) is 13.2 Å². The van der Waals surface area contributed by atoms with E-state index in [1.165, 1.54) is 128 Å². The summed E-state index contributed by atoms with van der Waals surface area (Å²) in [5.41, 5.74) is 1.01. The average molecular weight is 986 g/mol. The third-order valence-electron chi connectivity index (χ3n) is 13.5. The van der Waals surface area contributed by atoms with Crippen molar-refractivity contribution in [1.29, 1.82) is 0 Å². The first kappa shape index (κ1) is 65.1. The van der Waals surface area contributed by atoms with Crippen molar-refractivity contribution >= 4 is 23.9 Å². The summed E-state index contributed by atoms with van der Waals surface area (Å²) < 4.78 is 29.3. The van der Waals surface area contributed by atoms with Gasteiger partial charge < -0.3 is 23.7 Å². The van der Waals surface area contributed by atoms with Crippen molar-refractivity contribution in [1.82, 2.24) is 0 Å². The van der Waals surface area contributed by atoms with Gasteiger partial charge in [-0.1, -0.05) is 219 Å². The Balaban J connectivity index is 2.42. The van der Waals surface area contributed by atoms with E-state index in [0.29, 0.717) is 38.7 Å². The van der Waals surface area contributed by atoms with Crippen molar-refractivity contribution in [3.8, 4) is 0 Å². The first-order chi connectivity index (χ1) is 34.3. The van der Waals surface area contributed by atoms with Gasteiger partial charge in [0.25, 0.3) is 0 Å². The number of hydrogen-bond acceptors (Lipinski definition) is 9. The molecule has 0 saturated heterocycles. The maximum atomic E-state index is 12.9. The molecule has 0 N–H and O–H groups in total. The molecule has 0 spiro atoms. The fourth-order valence-electron chi connectivity index (χ4n) is 9.09. The molecule has 70 heavy (non-hydrogen) atoms. The maximum Gasteiger partial charge on any atom is 0.306 e. The molecule has 0 aliphatic rings. The van der Waals surface area contributed by atoms with Crippen LogP contribution in [-0.2, 0) is 49.5 Å². The van der Waals surface area contributed by atoms with Crippen LogP contribution in [0.5, 0.6) is 0 Å². The molecule has 0 aliphatic heterocycles. The van der Waals surface area contributed by atoms with Crippen LogP contribution >= 0.6 is 0 Å². The first-order valence-electron chi connectivity index (χ1n) is 29.7. The van der Waals surface area contributed by atoms with Crippen molar-refractivity contribution < 1.29 is 42.9 Å². The quantitative estimate of drug-likeness (QED) is 0.0357. The van der Waals surface area contributed by atoms with Gasteiger partial charge in [0.1, 0.15) is 18.8 Å². The fourth-order valence-corrected chi connectivity index (χ4v) is 9.09. The van der Waals surface area contributed by atoms with Crippen LogP contribution in [0.2, 0.25) is 0 Å². The van der Waals surface area contributed by atoms with Gasteiger partial charge in [0, 0.05) is 25.7 Å². The van der Waals surface area contributed by atoms with Crippen LogP contribution in [0.1, 0.15) is 297 Å². The van der Waals surface area contributed by atoms with Crippen LogP contribution in [0, 0.1) is 0 Å². The highest BCUT2D eigenvalue weighted by Gasteiger charge is 2.19. The lowest BCUT2D eigenvalue weighted by atomic mass is 10.0. The summed E-state index contributed by atoms with van der Waals surface area (Å²) in [6.45, 7) is 9.40. The molecule has 0 fully saturated rings. The molecule has 0 aliphatic carbocycles. The van der Waals surface area contributed by atoms with E-state index in [1.54, 1.807) is 0 Å². The number of ether oxygens (including phenoxy) is 5.